The summed E-state index contributed by atoms with van der Waals surface area (Å²) in [7, 11) is 2.09. The molecule has 5 heteroatoms. The second-order valence-corrected chi connectivity index (χ2v) is 5.05. The van der Waals surface area contributed by atoms with Crippen molar-refractivity contribution < 1.29 is 14.3 Å². The number of likely N-dealkylation sites (N-methyl/N-ethyl adjacent to an activating group) is 1. The number of carbonyl (C=O) groups excluding carboxylic acids is 1. The van der Waals surface area contributed by atoms with Crippen LogP contribution in [0.4, 0.5) is 0 Å². The molecular formula is C14H18N2O3. The van der Waals surface area contributed by atoms with Gasteiger partial charge in [-0.15, -0.1) is 0 Å². The molecule has 19 heavy (non-hydrogen) atoms. The Kier molecular flexibility index (Phi) is 3.29. The number of nitrogens with zero attached hydrogens (tertiary/aromatic N) is 1. The summed E-state index contributed by atoms with van der Waals surface area (Å²) in [5.74, 6) is 1.30. The first-order chi connectivity index (χ1) is 9.22. The van der Waals surface area contributed by atoms with Gasteiger partial charge in [0.15, 0.2) is 0 Å². The van der Waals surface area contributed by atoms with Crippen molar-refractivity contribution in [3.63, 3.8) is 0 Å². The number of likely N-dealkylation sites (tertiary alicyclic amines) is 1. The van der Waals surface area contributed by atoms with Gasteiger partial charge in [0.25, 0.3) is 5.91 Å². The zero-order valence-corrected chi connectivity index (χ0v) is 11.0. The minimum absolute atomic E-state index is 0.0837. The zero-order chi connectivity index (χ0) is 13.2. The summed E-state index contributed by atoms with van der Waals surface area (Å²) in [6.45, 7) is 3.04. The number of carbonyl (C=O) groups is 1. The number of fused-ring (bicyclic) bond motifs is 1. The van der Waals surface area contributed by atoms with Crippen molar-refractivity contribution in [2.45, 2.75) is 12.5 Å². The third kappa shape index (κ3) is 2.66. The van der Waals surface area contributed by atoms with Crippen LogP contribution >= 0.6 is 0 Å². The molecule has 1 aromatic rings. The summed E-state index contributed by atoms with van der Waals surface area (Å²) in [5, 5.41) is 2.79. The highest BCUT2D eigenvalue weighted by Crippen LogP contribution is 2.27. The number of hydrogen-bond acceptors (Lipinski definition) is 4. The van der Waals surface area contributed by atoms with Gasteiger partial charge >= 0.3 is 0 Å². The van der Waals surface area contributed by atoms with Crippen molar-refractivity contribution >= 4 is 5.91 Å². The van der Waals surface area contributed by atoms with E-state index in [0.29, 0.717) is 24.5 Å². The van der Waals surface area contributed by atoms with Crippen LogP contribution in [-0.2, 0) is 0 Å². The van der Waals surface area contributed by atoms with Gasteiger partial charge in [-0.25, -0.2) is 0 Å². The van der Waals surface area contributed by atoms with Crippen LogP contribution in [0.5, 0.6) is 11.5 Å². The molecule has 0 bridgehead atoms. The standard InChI is InChI=1S/C14H18N2O3/c1-16-6-4-11(9-16)19-10-2-3-12-13(8-10)18-7-5-15-14(12)17/h2-3,8,11H,4-7,9H2,1H3,(H,15,17). The predicted molar refractivity (Wildman–Crippen MR) is 70.8 cm³/mol. The van der Waals surface area contributed by atoms with E-state index in [0.717, 1.165) is 25.3 Å². The Balaban J connectivity index is 1.77. The van der Waals surface area contributed by atoms with Gasteiger partial charge in [0, 0.05) is 19.2 Å². The topological polar surface area (TPSA) is 50.8 Å². The highest BCUT2D eigenvalue weighted by molar-refractivity contribution is 5.97. The van der Waals surface area contributed by atoms with Crippen LogP contribution in [0.25, 0.3) is 0 Å². The van der Waals surface area contributed by atoms with Crippen LogP contribution in [-0.4, -0.2) is 50.2 Å². The summed E-state index contributed by atoms with van der Waals surface area (Å²) in [6, 6.07) is 5.42. The first-order valence-electron chi connectivity index (χ1n) is 6.62. The van der Waals surface area contributed by atoms with Crippen molar-refractivity contribution in [3.8, 4) is 11.5 Å². The summed E-state index contributed by atoms with van der Waals surface area (Å²) in [6.07, 6.45) is 1.26. The van der Waals surface area contributed by atoms with Crippen LogP contribution in [0.2, 0.25) is 0 Å². The van der Waals surface area contributed by atoms with E-state index in [1.807, 2.05) is 12.1 Å². The summed E-state index contributed by atoms with van der Waals surface area (Å²) < 4.78 is 11.5. The third-order valence-electron chi connectivity index (χ3n) is 3.49. The van der Waals surface area contributed by atoms with Crippen LogP contribution in [0, 0.1) is 0 Å². The molecule has 2 aliphatic rings. The fraction of sp³-hybridized carbons (Fsp3) is 0.500. The highest BCUT2D eigenvalue weighted by Gasteiger charge is 2.22. The molecule has 1 aromatic carbocycles. The Morgan fingerprint density at radius 1 is 1.47 bits per heavy atom. The molecule has 2 heterocycles. The lowest BCUT2D eigenvalue weighted by molar-refractivity contribution is 0.0957. The van der Waals surface area contributed by atoms with E-state index in [1.165, 1.54) is 0 Å². The quantitative estimate of drug-likeness (QED) is 0.860. The number of rotatable bonds is 2. The molecule has 0 aromatic heterocycles. The van der Waals surface area contributed by atoms with Gasteiger partial charge in [-0.3, -0.25) is 4.79 Å². The minimum Gasteiger partial charge on any atom is -0.491 e. The molecule has 0 radical (unpaired) electrons. The zero-order valence-electron chi connectivity index (χ0n) is 11.0. The van der Waals surface area contributed by atoms with Crippen LogP contribution in [0.3, 0.4) is 0 Å². The van der Waals surface area contributed by atoms with E-state index in [2.05, 4.69) is 17.3 Å². The molecule has 3 rings (SSSR count). The number of ether oxygens (including phenoxy) is 2. The smallest absolute Gasteiger partial charge is 0.255 e. The molecule has 0 spiro atoms. The predicted octanol–water partition coefficient (Wildman–Crippen LogP) is 0.892. The summed E-state index contributed by atoms with van der Waals surface area (Å²) >= 11 is 0. The lowest BCUT2D eigenvalue weighted by atomic mass is 10.2. The van der Waals surface area contributed by atoms with E-state index < -0.39 is 0 Å². The molecule has 1 amide bonds. The van der Waals surface area contributed by atoms with Crippen LogP contribution in [0.1, 0.15) is 16.8 Å². The van der Waals surface area contributed by atoms with Gasteiger partial charge in [0.1, 0.15) is 24.2 Å². The van der Waals surface area contributed by atoms with Crippen LogP contribution in [0.15, 0.2) is 18.2 Å². The second-order valence-electron chi connectivity index (χ2n) is 5.05. The lowest BCUT2D eigenvalue weighted by Gasteiger charge is -2.15. The maximum absolute atomic E-state index is 11.8. The molecule has 1 N–H and O–H groups in total. The number of hydrogen-bond donors (Lipinski definition) is 1. The number of benzene rings is 1. The Bertz CT molecular complexity index is 490. The lowest BCUT2D eigenvalue weighted by Crippen LogP contribution is -2.24. The van der Waals surface area contributed by atoms with Gasteiger partial charge in [0.2, 0.25) is 0 Å². The van der Waals surface area contributed by atoms with Gasteiger partial charge in [-0.2, -0.15) is 0 Å². The van der Waals surface area contributed by atoms with E-state index in [-0.39, 0.29) is 12.0 Å². The SMILES string of the molecule is CN1CCC(Oc2ccc3c(c2)OCCNC3=O)C1. The first kappa shape index (κ1) is 12.3. The van der Waals surface area contributed by atoms with Crippen LogP contribution < -0.4 is 14.8 Å². The van der Waals surface area contributed by atoms with Crippen molar-refractivity contribution in [2.75, 3.05) is 33.3 Å². The fourth-order valence-electron chi connectivity index (χ4n) is 2.49. The van der Waals surface area contributed by atoms with Crippen molar-refractivity contribution in [1.82, 2.24) is 10.2 Å². The van der Waals surface area contributed by atoms with E-state index >= 15 is 0 Å². The molecule has 5 nitrogen and oxygen atoms in total. The Morgan fingerprint density at radius 2 is 2.37 bits per heavy atom. The molecule has 1 unspecified atom stereocenters. The normalized spacial score (nSPS) is 23.2. The number of nitrogens with one attached hydrogen (secondary N) is 1. The van der Waals surface area contributed by atoms with E-state index in [4.69, 9.17) is 9.47 Å². The molecule has 1 saturated heterocycles. The molecule has 1 fully saturated rings. The van der Waals surface area contributed by atoms with Crippen molar-refractivity contribution in [2.24, 2.45) is 0 Å². The molecular weight excluding hydrogens is 244 g/mol. The van der Waals surface area contributed by atoms with Crippen molar-refractivity contribution in [3.05, 3.63) is 23.8 Å². The fourth-order valence-corrected chi connectivity index (χ4v) is 2.49. The molecule has 0 aliphatic carbocycles. The Labute approximate surface area is 112 Å². The van der Waals surface area contributed by atoms with Gasteiger partial charge in [0.05, 0.1) is 12.1 Å². The van der Waals surface area contributed by atoms with E-state index in [9.17, 15) is 4.79 Å². The van der Waals surface area contributed by atoms with Gasteiger partial charge in [-0.1, -0.05) is 0 Å². The van der Waals surface area contributed by atoms with Gasteiger partial charge in [-0.05, 0) is 25.6 Å². The molecule has 0 saturated carbocycles. The summed E-state index contributed by atoms with van der Waals surface area (Å²) in [5.41, 5.74) is 0.577. The number of amides is 1. The maximum Gasteiger partial charge on any atom is 0.255 e. The Hall–Kier alpha value is -1.75. The summed E-state index contributed by atoms with van der Waals surface area (Å²) in [4.78, 5) is 14.0. The monoisotopic (exact) mass is 262 g/mol. The van der Waals surface area contributed by atoms with E-state index in [1.54, 1.807) is 6.07 Å². The first-order valence-corrected chi connectivity index (χ1v) is 6.62. The van der Waals surface area contributed by atoms with Gasteiger partial charge < -0.3 is 19.7 Å². The average molecular weight is 262 g/mol. The third-order valence-corrected chi connectivity index (χ3v) is 3.49. The highest BCUT2D eigenvalue weighted by atomic mass is 16.5. The Morgan fingerprint density at radius 3 is 3.16 bits per heavy atom. The average Bonchev–Trinajstić information content (AvgIpc) is 2.70. The second kappa shape index (κ2) is 5.09. The molecule has 1 atom stereocenters. The molecule has 2 aliphatic heterocycles. The maximum atomic E-state index is 11.8. The molecule has 102 valence electrons. The minimum atomic E-state index is -0.0837. The van der Waals surface area contributed by atoms with Crippen molar-refractivity contribution in [1.29, 1.82) is 0 Å². The largest absolute Gasteiger partial charge is 0.491 e.